The zero-order chi connectivity index (χ0) is 15.4. The van der Waals surface area contributed by atoms with E-state index in [0.29, 0.717) is 6.54 Å². The maximum atomic E-state index is 12.0. The van der Waals surface area contributed by atoms with Gasteiger partial charge >= 0.3 is 0 Å². The number of anilines is 2. The predicted molar refractivity (Wildman–Crippen MR) is 85.6 cm³/mol. The molecular formula is C16H25N3O2. The van der Waals surface area contributed by atoms with E-state index < -0.39 is 0 Å². The first kappa shape index (κ1) is 15.8. The Hall–Kier alpha value is -1.59. The number of amides is 1. The first-order chi connectivity index (χ1) is 9.95. The average molecular weight is 291 g/mol. The normalized spacial score (nSPS) is 20.3. The number of rotatable bonds is 5. The van der Waals surface area contributed by atoms with Gasteiger partial charge in [0.25, 0.3) is 0 Å². The van der Waals surface area contributed by atoms with Gasteiger partial charge in [0.1, 0.15) is 0 Å². The van der Waals surface area contributed by atoms with Gasteiger partial charge in [-0.05, 0) is 50.1 Å². The summed E-state index contributed by atoms with van der Waals surface area (Å²) in [6.07, 6.45) is 0.666. The van der Waals surface area contributed by atoms with Crippen molar-refractivity contribution < 1.29 is 9.90 Å². The van der Waals surface area contributed by atoms with Gasteiger partial charge in [-0.15, -0.1) is 0 Å². The van der Waals surface area contributed by atoms with Crippen LogP contribution in [0.4, 0.5) is 11.4 Å². The van der Waals surface area contributed by atoms with E-state index in [2.05, 4.69) is 10.2 Å². The molecule has 21 heavy (non-hydrogen) atoms. The van der Waals surface area contributed by atoms with Gasteiger partial charge in [-0.3, -0.25) is 9.69 Å². The van der Waals surface area contributed by atoms with Crippen LogP contribution in [0.1, 0.15) is 13.3 Å². The van der Waals surface area contributed by atoms with E-state index in [1.165, 1.54) is 0 Å². The summed E-state index contributed by atoms with van der Waals surface area (Å²) in [5, 5.41) is 12.5. The van der Waals surface area contributed by atoms with E-state index in [1.807, 2.05) is 50.2 Å². The third kappa shape index (κ3) is 4.44. The van der Waals surface area contributed by atoms with Crippen LogP contribution >= 0.6 is 0 Å². The third-order valence-corrected chi connectivity index (χ3v) is 4.03. The number of hydrogen-bond donors (Lipinski definition) is 2. The fourth-order valence-corrected chi connectivity index (χ4v) is 2.65. The molecule has 1 saturated heterocycles. The highest BCUT2D eigenvalue weighted by atomic mass is 16.3. The Labute approximate surface area is 126 Å². The van der Waals surface area contributed by atoms with Crippen molar-refractivity contribution in [3.05, 3.63) is 24.3 Å². The molecule has 0 aromatic heterocycles. The third-order valence-electron chi connectivity index (χ3n) is 4.03. The minimum absolute atomic E-state index is 0.00107. The van der Waals surface area contributed by atoms with Crippen LogP contribution in [0.25, 0.3) is 0 Å². The number of nitrogens with zero attached hydrogens (tertiary/aromatic N) is 2. The highest BCUT2D eigenvalue weighted by Crippen LogP contribution is 2.20. The Morgan fingerprint density at radius 3 is 2.62 bits per heavy atom. The summed E-state index contributed by atoms with van der Waals surface area (Å²) in [6.45, 7) is 3.88. The lowest BCUT2D eigenvalue weighted by molar-refractivity contribution is -0.117. The summed E-state index contributed by atoms with van der Waals surface area (Å²) in [6, 6.07) is 7.79. The summed E-state index contributed by atoms with van der Waals surface area (Å²) >= 11 is 0. The number of carbonyl (C=O) groups is 1. The number of benzene rings is 1. The van der Waals surface area contributed by atoms with Gasteiger partial charge in [0.05, 0.1) is 12.6 Å². The number of hydrogen-bond acceptors (Lipinski definition) is 4. The van der Waals surface area contributed by atoms with Gasteiger partial charge in [0, 0.05) is 32.0 Å². The highest BCUT2D eigenvalue weighted by molar-refractivity contribution is 5.92. The standard InChI is InChI=1S/C16H25N3O2/c1-12(20)13-8-9-19(10-13)11-16(21)17-14-4-6-15(7-5-14)18(2)3/h4-7,12-13,20H,8-11H2,1-3H3,(H,17,21). The first-order valence-electron chi connectivity index (χ1n) is 7.43. The number of aliphatic hydroxyl groups is 1. The van der Waals surface area contributed by atoms with Gasteiger partial charge in [-0.25, -0.2) is 0 Å². The van der Waals surface area contributed by atoms with Crippen molar-refractivity contribution >= 4 is 17.3 Å². The molecule has 2 unspecified atom stereocenters. The smallest absolute Gasteiger partial charge is 0.238 e. The average Bonchev–Trinajstić information content (AvgIpc) is 2.87. The summed E-state index contributed by atoms with van der Waals surface area (Å²) in [4.78, 5) is 16.2. The van der Waals surface area contributed by atoms with Crippen LogP contribution in [0.2, 0.25) is 0 Å². The molecule has 0 bridgehead atoms. The molecule has 5 heteroatoms. The van der Waals surface area contributed by atoms with Crippen LogP contribution in [0.3, 0.4) is 0 Å². The SMILES string of the molecule is CC(O)C1CCN(CC(=O)Nc2ccc(N(C)C)cc2)C1. The van der Waals surface area contributed by atoms with Crippen molar-refractivity contribution in [3.63, 3.8) is 0 Å². The van der Waals surface area contributed by atoms with Crippen LogP contribution < -0.4 is 10.2 Å². The lowest BCUT2D eigenvalue weighted by atomic mass is 10.0. The van der Waals surface area contributed by atoms with E-state index >= 15 is 0 Å². The second-order valence-corrected chi connectivity index (χ2v) is 6.01. The second-order valence-electron chi connectivity index (χ2n) is 6.01. The lowest BCUT2D eigenvalue weighted by Crippen LogP contribution is -2.32. The molecule has 0 aliphatic carbocycles. The first-order valence-corrected chi connectivity index (χ1v) is 7.43. The summed E-state index contributed by atoms with van der Waals surface area (Å²) in [5.74, 6) is 0.288. The molecular weight excluding hydrogens is 266 g/mol. The molecule has 0 radical (unpaired) electrons. The van der Waals surface area contributed by atoms with Crippen LogP contribution in [-0.4, -0.2) is 55.7 Å². The van der Waals surface area contributed by atoms with Gasteiger partial charge in [0.15, 0.2) is 0 Å². The van der Waals surface area contributed by atoms with Crippen molar-refractivity contribution in [1.82, 2.24) is 4.90 Å². The van der Waals surface area contributed by atoms with Crippen LogP contribution in [0, 0.1) is 5.92 Å². The molecule has 2 N–H and O–H groups in total. The van der Waals surface area contributed by atoms with Gasteiger partial charge in [0.2, 0.25) is 5.91 Å². The van der Waals surface area contributed by atoms with Crippen molar-refractivity contribution in [2.24, 2.45) is 5.92 Å². The fourth-order valence-electron chi connectivity index (χ4n) is 2.65. The number of nitrogens with one attached hydrogen (secondary N) is 1. The van der Waals surface area contributed by atoms with Gasteiger partial charge in [-0.2, -0.15) is 0 Å². The van der Waals surface area contributed by atoms with Crippen molar-refractivity contribution in [1.29, 1.82) is 0 Å². The molecule has 1 aromatic carbocycles. The largest absolute Gasteiger partial charge is 0.393 e. The maximum absolute atomic E-state index is 12.0. The zero-order valence-corrected chi connectivity index (χ0v) is 13.0. The second kappa shape index (κ2) is 6.91. The summed E-state index contributed by atoms with van der Waals surface area (Å²) in [5.41, 5.74) is 1.92. The molecule has 1 fully saturated rings. The van der Waals surface area contributed by atoms with Crippen LogP contribution in [0.15, 0.2) is 24.3 Å². The van der Waals surface area contributed by atoms with Crippen LogP contribution in [-0.2, 0) is 4.79 Å². The monoisotopic (exact) mass is 291 g/mol. The Bertz CT molecular complexity index is 471. The highest BCUT2D eigenvalue weighted by Gasteiger charge is 2.26. The Morgan fingerprint density at radius 1 is 1.43 bits per heavy atom. The van der Waals surface area contributed by atoms with E-state index in [-0.39, 0.29) is 17.9 Å². The van der Waals surface area contributed by atoms with E-state index in [4.69, 9.17) is 0 Å². The number of likely N-dealkylation sites (tertiary alicyclic amines) is 1. The number of aliphatic hydroxyl groups excluding tert-OH is 1. The minimum atomic E-state index is -0.295. The van der Waals surface area contributed by atoms with Gasteiger partial charge in [-0.1, -0.05) is 0 Å². The van der Waals surface area contributed by atoms with Crippen molar-refractivity contribution in [3.8, 4) is 0 Å². The maximum Gasteiger partial charge on any atom is 0.238 e. The fraction of sp³-hybridized carbons (Fsp3) is 0.562. The van der Waals surface area contributed by atoms with Crippen molar-refractivity contribution in [2.45, 2.75) is 19.4 Å². The zero-order valence-electron chi connectivity index (χ0n) is 13.0. The molecule has 2 rings (SSSR count). The van der Waals surface area contributed by atoms with E-state index in [9.17, 15) is 9.90 Å². The molecule has 0 spiro atoms. The molecule has 1 heterocycles. The Balaban J connectivity index is 1.82. The molecule has 0 saturated carbocycles. The number of carbonyl (C=O) groups excluding carboxylic acids is 1. The lowest BCUT2D eigenvalue weighted by Gasteiger charge is -2.17. The van der Waals surface area contributed by atoms with E-state index in [1.54, 1.807) is 0 Å². The summed E-state index contributed by atoms with van der Waals surface area (Å²) < 4.78 is 0. The molecule has 1 aliphatic heterocycles. The molecule has 116 valence electrons. The molecule has 1 amide bonds. The van der Waals surface area contributed by atoms with Crippen LogP contribution in [0.5, 0.6) is 0 Å². The minimum Gasteiger partial charge on any atom is -0.393 e. The predicted octanol–water partition coefficient (Wildman–Crippen LogP) is 1.39. The van der Waals surface area contributed by atoms with Gasteiger partial charge < -0.3 is 15.3 Å². The molecule has 1 aliphatic rings. The topological polar surface area (TPSA) is 55.8 Å². The molecule has 5 nitrogen and oxygen atoms in total. The Morgan fingerprint density at radius 2 is 2.10 bits per heavy atom. The van der Waals surface area contributed by atoms with Crippen molar-refractivity contribution in [2.75, 3.05) is 43.9 Å². The van der Waals surface area contributed by atoms with E-state index in [0.717, 1.165) is 30.9 Å². The quantitative estimate of drug-likeness (QED) is 0.861. The molecule has 1 aromatic rings. The Kier molecular flexibility index (Phi) is 5.20. The molecule has 2 atom stereocenters. The summed E-state index contributed by atoms with van der Waals surface area (Å²) in [7, 11) is 3.97.